The van der Waals surface area contributed by atoms with Crippen LogP contribution in [0.2, 0.25) is 0 Å². The molecule has 0 spiro atoms. The molecule has 8 heteroatoms. The molecule has 0 radical (unpaired) electrons. The van der Waals surface area contributed by atoms with Crippen LogP contribution in [0, 0.1) is 10.1 Å². The van der Waals surface area contributed by atoms with Crippen molar-refractivity contribution in [3.63, 3.8) is 0 Å². The van der Waals surface area contributed by atoms with E-state index >= 15 is 0 Å². The maximum Gasteiger partial charge on any atom is 0.450 e. The van der Waals surface area contributed by atoms with Gasteiger partial charge in [-0.05, 0) is 25.5 Å². The maximum absolute atomic E-state index is 12.0. The summed E-state index contributed by atoms with van der Waals surface area (Å²) in [5.41, 5.74) is 0.329. The van der Waals surface area contributed by atoms with Gasteiger partial charge in [0.15, 0.2) is 0 Å². The Morgan fingerprint density at radius 1 is 1.39 bits per heavy atom. The molecule has 1 aromatic rings. The lowest BCUT2D eigenvalue weighted by Gasteiger charge is -2.29. The number of rotatable bonds is 4. The summed E-state index contributed by atoms with van der Waals surface area (Å²) in [6.45, 7) is 4.90. The number of Topliss-reactive ketones (excluding diaryl/α,β-unsaturated/α-hetero) is 1. The van der Waals surface area contributed by atoms with Crippen molar-refractivity contribution in [1.29, 1.82) is 0 Å². The Kier molecular flexibility index (Phi) is 5.26. The zero-order valence-corrected chi connectivity index (χ0v) is 14.0. The lowest BCUT2D eigenvalue weighted by atomic mass is 10.2. The molecule has 0 aliphatic carbocycles. The number of carbonyl (C=O) groups excluding carboxylic acids is 1. The second kappa shape index (κ2) is 6.84. The first kappa shape index (κ1) is 17.7. The Hall–Kier alpha value is -1.66. The fraction of sp³-hybridized carbons (Fsp3) is 0.400. The van der Waals surface area contributed by atoms with Gasteiger partial charge in [-0.2, -0.15) is 13.9 Å². The van der Waals surface area contributed by atoms with Crippen molar-refractivity contribution in [1.82, 2.24) is 0 Å². The average molecular weight is 340 g/mol. The number of ketones is 1. The minimum absolute atomic E-state index is 0.0106. The van der Waals surface area contributed by atoms with Gasteiger partial charge >= 0.3 is 7.94 Å². The third kappa shape index (κ3) is 4.20. The molecule has 23 heavy (non-hydrogen) atoms. The Labute approximate surface area is 134 Å². The molecule has 0 bridgehead atoms. The van der Waals surface area contributed by atoms with Crippen LogP contribution in [-0.4, -0.2) is 27.8 Å². The maximum atomic E-state index is 12.0. The Morgan fingerprint density at radius 2 is 2.00 bits per heavy atom. The highest BCUT2D eigenvalue weighted by molar-refractivity contribution is 7.66. The summed E-state index contributed by atoms with van der Waals surface area (Å²) < 4.78 is 11.1. The van der Waals surface area contributed by atoms with Gasteiger partial charge in [0, 0.05) is 25.5 Å². The normalized spacial score (nSPS) is 28.4. The molecule has 1 aromatic carbocycles. The van der Waals surface area contributed by atoms with Crippen LogP contribution in [0.15, 0.2) is 29.6 Å². The number of non-ortho nitro benzene ring substituents is 1. The van der Waals surface area contributed by atoms with Crippen LogP contribution in [-0.2, 0) is 13.8 Å². The molecule has 2 atom stereocenters. The minimum atomic E-state index is -3.50. The van der Waals surface area contributed by atoms with E-state index in [9.17, 15) is 19.8 Å². The predicted molar refractivity (Wildman–Crippen MR) is 86.6 cm³/mol. The number of benzene rings is 1. The van der Waals surface area contributed by atoms with Gasteiger partial charge in [0.25, 0.3) is 5.69 Å². The van der Waals surface area contributed by atoms with Gasteiger partial charge in [-0.3, -0.25) is 14.9 Å². The Balaban J connectivity index is 2.43. The first-order valence-electron chi connectivity index (χ1n) is 7.17. The Bertz CT molecular complexity index is 649. The topological polar surface area (TPSA) is 98.9 Å². The smallest absolute Gasteiger partial charge is 0.290 e. The molecule has 1 aliphatic rings. The first-order valence-corrected chi connectivity index (χ1v) is 8.75. The molecule has 2 rings (SSSR count). The number of carbonyl (C=O) groups is 1. The highest BCUT2D eigenvalue weighted by Gasteiger charge is 2.54. The number of nitrogens with zero attached hydrogens (tertiary/aromatic N) is 1. The second-order valence-electron chi connectivity index (χ2n) is 5.53. The molecule has 1 N–H and O–H groups in total. The van der Waals surface area contributed by atoms with Gasteiger partial charge in [-0.25, -0.2) is 0 Å². The van der Waals surface area contributed by atoms with Crippen LogP contribution in [0.4, 0.5) is 5.69 Å². The van der Waals surface area contributed by atoms with E-state index in [2.05, 4.69) is 0 Å². The molecular weight excluding hydrogens is 321 g/mol. The van der Waals surface area contributed by atoms with E-state index in [1.165, 1.54) is 31.2 Å². The van der Waals surface area contributed by atoms with Crippen molar-refractivity contribution in [2.45, 2.75) is 39.4 Å². The lowest BCUT2D eigenvalue weighted by molar-refractivity contribution is -0.384. The van der Waals surface area contributed by atoms with Gasteiger partial charge in [0.1, 0.15) is 12.2 Å². The molecule has 1 aliphatic heterocycles. The van der Waals surface area contributed by atoms with Gasteiger partial charge < -0.3 is 0 Å². The van der Waals surface area contributed by atoms with E-state index in [-0.39, 0.29) is 23.2 Å². The highest BCUT2D eigenvalue weighted by Crippen LogP contribution is 2.68. The lowest BCUT2D eigenvalue weighted by Crippen LogP contribution is -2.28. The van der Waals surface area contributed by atoms with Crippen molar-refractivity contribution in [3.8, 4) is 0 Å². The van der Waals surface area contributed by atoms with Crippen molar-refractivity contribution >= 4 is 25.5 Å². The molecule has 1 heterocycles. The van der Waals surface area contributed by atoms with E-state index in [1.54, 1.807) is 19.9 Å². The molecule has 1 fully saturated rings. The van der Waals surface area contributed by atoms with E-state index in [4.69, 9.17) is 9.05 Å². The minimum Gasteiger partial charge on any atom is -0.290 e. The third-order valence-corrected chi connectivity index (χ3v) is 5.70. The number of hydrogen-bond acceptors (Lipinski definition) is 6. The summed E-state index contributed by atoms with van der Waals surface area (Å²) >= 11 is 0. The summed E-state index contributed by atoms with van der Waals surface area (Å²) in [4.78, 5) is 33.0. The zero-order valence-electron chi connectivity index (χ0n) is 13.1. The van der Waals surface area contributed by atoms with Crippen molar-refractivity contribution in [2.24, 2.45) is 0 Å². The molecule has 124 valence electrons. The Morgan fingerprint density at radius 3 is 2.52 bits per heavy atom. The van der Waals surface area contributed by atoms with Crippen LogP contribution in [0.3, 0.4) is 0 Å². The molecule has 0 aromatic heterocycles. The number of allylic oxidation sites excluding steroid dienone is 1. The highest BCUT2D eigenvalue weighted by atomic mass is 31.2. The quantitative estimate of drug-likeness (QED) is 0.390. The molecule has 1 saturated heterocycles. The van der Waals surface area contributed by atoms with Crippen molar-refractivity contribution in [2.75, 3.05) is 0 Å². The second-order valence-corrected chi connectivity index (χ2v) is 7.47. The SMILES string of the molecule is CC(=O)C(=Cc1cccc([N+](=O)[O-])c1)[P+]1(O)O[C@H](C)C[C@@H](C)O1. The van der Waals surface area contributed by atoms with Crippen molar-refractivity contribution in [3.05, 3.63) is 45.3 Å². The summed E-state index contributed by atoms with van der Waals surface area (Å²) in [7, 11) is -3.50. The van der Waals surface area contributed by atoms with E-state index in [0.717, 1.165) is 0 Å². The summed E-state index contributed by atoms with van der Waals surface area (Å²) in [5, 5.41) is 10.9. The van der Waals surface area contributed by atoms with E-state index in [0.29, 0.717) is 12.0 Å². The van der Waals surface area contributed by atoms with Crippen LogP contribution < -0.4 is 0 Å². The van der Waals surface area contributed by atoms with Crippen LogP contribution in [0.25, 0.3) is 6.08 Å². The van der Waals surface area contributed by atoms with Gasteiger partial charge in [0.05, 0.1) is 4.92 Å². The summed E-state index contributed by atoms with van der Waals surface area (Å²) in [6.07, 6.45) is 1.52. The standard InChI is InChI=1S/C15H19NO6P/c1-10-7-11(2)22-23(20,21-10)15(12(3)17)9-13-5-4-6-14(8-13)16(18)19/h4-6,8-11,20H,7H2,1-3H3/q+1/t10-,11-/m1/s1. The van der Waals surface area contributed by atoms with E-state index in [1.807, 2.05) is 0 Å². The average Bonchev–Trinajstić information content (AvgIpc) is 2.43. The summed E-state index contributed by atoms with van der Waals surface area (Å²) in [5.74, 6) is -0.395. The van der Waals surface area contributed by atoms with E-state index < -0.39 is 18.6 Å². The monoisotopic (exact) mass is 340 g/mol. The number of nitro groups is 1. The number of nitro benzene ring substituents is 1. The molecule has 0 amide bonds. The van der Waals surface area contributed by atoms with Gasteiger partial charge in [-0.1, -0.05) is 12.1 Å². The fourth-order valence-corrected chi connectivity index (χ4v) is 4.58. The van der Waals surface area contributed by atoms with Gasteiger partial charge in [-0.15, -0.1) is 0 Å². The van der Waals surface area contributed by atoms with Crippen LogP contribution in [0.5, 0.6) is 0 Å². The first-order chi connectivity index (χ1) is 10.7. The number of hydrogen-bond donors (Lipinski definition) is 1. The molecule has 0 unspecified atom stereocenters. The predicted octanol–water partition coefficient (Wildman–Crippen LogP) is 3.49. The van der Waals surface area contributed by atoms with Gasteiger partial charge in [0.2, 0.25) is 11.1 Å². The fourth-order valence-electron chi connectivity index (χ4n) is 2.45. The largest absolute Gasteiger partial charge is 0.450 e. The molecule has 7 nitrogen and oxygen atoms in total. The molecular formula is C15H19NO6P+. The zero-order chi connectivity index (χ0) is 17.2. The van der Waals surface area contributed by atoms with Crippen molar-refractivity contribution < 1.29 is 23.7 Å². The third-order valence-electron chi connectivity index (χ3n) is 3.36. The summed E-state index contributed by atoms with van der Waals surface area (Å²) in [6, 6.07) is 5.80. The van der Waals surface area contributed by atoms with Crippen LogP contribution in [0.1, 0.15) is 32.8 Å². The molecule has 0 saturated carbocycles. The van der Waals surface area contributed by atoms with Crippen LogP contribution >= 0.6 is 7.94 Å².